The second kappa shape index (κ2) is 8.51. The number of hydrogen-bond donors (Lipinski definition) is 2. The standard InChI is InChI=1S/C10H17NO6/c1-16-9(14)8(10(15)17-2)11-6-4-3-5-7(12)13/h8,11H,3-6H2,1-2H3,(H,12,13). The Balaban J connectivity index is 3.97. The largest absolute Gasteiger partial charge is 0.481 e. The van der Waals surface area contributed by atoms with Gasteiger partial charge in [0.1, 0.15) is 0 Å². The number of methoxy groups -OCH3 is 2. The summed E-state index contributed by atoms with van der Waals surface area (Å²) in [5, 5.41) is 11.1. The third-order valence-corrected chi connectivity index (χ3v) is 2.04. The van der Waals surface area contributed by atoms with Gasteiger partial charge in [0.15, 0.2) is 0 Å². The van der Waals surface area contributed by atoms with E-state index in [1.54, 1.807) is 0 Å². The quantitative estimate of drug-likeness (QED) is 0.340. The fraction of sp³-hybridized carbons (Fsp3) is 0.700. The van der Waals surface area contributed by atoms with Crippen LogP contribution in [-0.2, 0) is 23.9 Å². The summed E-state index contributed by atoms with van der Waals surface area (Å²) in [7, 11) is 2.34. The Hall–Kier alpha value is -1.63. The van der Waals surface area contributed by atoms with E-state index in [1.165, 1.54) is 14.2 Å². The number of carbonyl (C=O) groups is 3. The van der Waals surface area contributed by atoms with Crippen molar-refractivity contribution in [1.29, 1.82) is 0 Å². The van der Waals surface area contributed by atoms with Gasteiger partial charge in [0.2, 0.25) is 6.04 Å². The molecule has 0 heterocycles. The highest BCUT2D eigenvalue weighted by Gasteiger charge is 2.27. The van der Waals surface area contributed by atoms with E-state index in [9.17, 15) is 14.4 Å². The highest BCUT2D eigenvalue weighted by Crippen LogP contribution is 1.96. The lowest BCUT2D eigenvalue weighted by Crippen LogP contribution is -2.45. The Morgan fingerprint density at radius 2 is 1.65 bits per heavy atom. The topological polar surface area (TPSA) is 102 Å². The number of hydrogen-bond acceptors (Lipinski definition) is 6. The van der Waals surface area contributed by atoms with Gasteiger partial charge in [0.05, 0.1) is 14.2 Å². The number of aliphatic carboxylic acids is 1. The Morgan fingerprint density at radius 3 is 2.06 bits per heavy atom. The highest BCUT2D eigenvalue weighted by atomic mass is 16.5. The van der Waals surface area contributed by atoms with Gasteiger partial charge in [-0.1, -0.05) is 0 Å². The molecule has 0 amide bonds. The Kier molecular flexibility index (Phi) is 7.70. The van der Waals surface area contributed by atoms with Gasteiger partial charge in [-0.15, -0.1) is 0 Å². The SMILES string of the molecule is COC(=O)C(NCCCCC(=O)O)C(=O)OC. The van der Waals surface area contributed by atoms with Crippen LogP contribution in [0.4, 0.5) is 0 Å². The van der Waals surface area contributed by atoms with Gasteiger partial charge >= 0.3 is 17.9 Å². The molecule has 0 aromatic carbocycles. The molecule has 17 heavy (non-hydrogen) atoms. The zero-order valence-corrected chi connectivity index (χ0v) is 9.89. The fourth-order valence-corrected chi connectivity index (χ4v) is 1.15. The summed E-state index contributed by atoms with van der Waals surface area (Å²) in [5.74, 6) is -2.33. The highest BCUT2D eigenvalue weighted by molar-refractivity contribution is 5.99. The molecule has 0 aromatic heterocycles. The second-order valence-electron chi connectivity index (χ2n) is 3.28. The molecular weight excluding hydrogens is 230 g/mol. The van der Waals surface area contributed by atoms with E-state index < -0.39 is 23.9 Å². The van der Waals surface area contributed by atoms with E-state index in [2.05, 4.69) is 14.8 Å². The minimum atomic E-state index is -1.16. The first-order chi connectivity index (χ1) is 8.02. The summed E-state index contributed by atoms with van der Waals surface area (Å²) in [6, 6.07) is -1.16. The van der Waals surface area contributed by atoms with Crippen molar-refractivity contribution in [1.82, 2.24) is 5.32 Å². The van der Waals surface area contributed by atoms with Gasteiger partial charge in [0.25, 0.3) is 0 Å². The zero-order valence-electron chi connectivity index (χ0n) is 9.89. The van der Waals surface area contributed by atoms with Crippen LogP contribution >= 0.6 is 0 Å². The Bertz CT molecular complexity index is 262. The summed E-state index contributed by atoms with van der Waals surface area (Å²) in [6.07, 6.45) is 1.07. The molecule has 7 nitrogen and oxygen atoms in total. The minimum Gasteiger partial charge on any atom is -0.481 e. The first kappa shape index (κ1) is 15.4. The molecule has 0 bridgehead atoms. The van der Waals surface area contributed by atoms with Crippen molar-refractivity contribution < 1.29 is 29.0 Å². The van der Waals surface area contributed by atoms with E-state index in [0.29, 0.717) is 19.4 Å². The van der Waals surface area contributed by atoms with Crippen LogP contribution in [0.5, 0.6) is 0 Å². The fourth-order valence-electron chi connectivity index (χ4n) is 1.15. The predicted molar refractivity (Wildman–Crippen MR) is 57.3 cm³/mol. The van der Waals surface area contributed by atoms with Gasteiger partial charge in [-0.25, -0.2) is 9.59 Å². The number of ether oxygens (including phenoxy) is 2. The molecule has 0 rings (SSSR count). The molecule has 0 aromatic rings. The molecular formula is C10H17NO6. The maximum absolute atomic E-state index is 11.2. The third-order valence-electron chi connectivity index (χ3n) is 2.04. The number of unbranched alkanes of at least 4 members (excludes halogenated alkanes) is 1. The predicted octanol–water partition coefficient (Wildman–Crippen LogP) is -0.455. The molecule has 0 atom stereocenters. The second-order valence-corrected chi connectivity index (χ2v) is 3.28. The summed E-state index contributed by atoms with van der Waals surface area (Å²) in [4.78, 5) is 32.6. The maximum atomic E-state index is 11.2. The molecule has 2 N–H and O–H groups in total. The number of carbonyl (C=O) groups excluding carboxylic acids is 2. The maximum Gasteiger partial charge on any atom is 0.334 e. The molecule has 0 spiro atoms. The number of esters is 2. The third kappa shape index (κ3) is 6.52. The van der Waals surface area contributed by atoms with Crippen LogP contribution in [0.15, 0.2) is 0 Å². The van der Waals surface area contributed by atoms with Gasteiger partial charge in [-0.3, -0.25) is 10.1 Å². The lowest BCUT2D eigenvalue weighted by molar-refractivity contribution is -0.155. The van der Waals surface area contributed by atoms with Crippen molar-refractivity contribution >= 4 is 17.9 Å². The van der Waals surface area contributed by atoms with Crippen LogP contribution < -0.4 is 5.32 Å². The molecule has 7 heteroatoms. The van der Waals surface area contributed by atoms with Gasteiger partial charge < -0.3 is 14.6 Å². The Morgan fingerprint density at radius 1 is 1.12 bits per heavy atom. The van der Waals surface area contributed by atoms with E-state index >= 15 is 0 Å². The van der Waals surface area contributed by atoms with Crippen molar-refractivity contribution in [3.05, 3.63) is 0 Å². The lowest BCUT2D eigenvalue weighted by atomic mass is 10.2. The summed E-state index contributed by atoms with van der Waals surface area (Å²) in [6.45, 7) is 0.335. The van der Waals surface area contributed by atoms with Crippen LogP contribution in [0, 0.1) is 0 Å². The number of nitrogens with one attached hydrogen (secondary N) is 1. The first-order valence-electron chi connectivity index (χ1n) is 5.13. The van der Waals surface area contributed by atoms with Crippen LogP contribution in [0.3, 0.4) is 0 Å². The summed E-state index contributed by atoms with van der Waals surface area (Å²) < 4.78 is 8.87. The van der Waals surface area contributed by atoms with Crippen molar-refractivity contribution in [3.8, 4) is 0 Å². The minimum absolute atomic E-state index is 0.0583. The van der Waals surface area contributed by atoms with Crippen LogP contribution in [0.2, 0.25) is 0 Å². The number of carboxylic acid groups (broad SMARTS) is 1. The average molecular weight is 247 g/mol. The molecule has 0 radical (unpaired) electrons. The van der Waals surface area contributed by atoms with E-state index in [-0.39, 0.29) is 6.42 Å². The molecule has 0 aliphatic rings. The smallest absolute Gasteiger partial charge is 0.334 e. The van der Waals surface area contributed by atoms with E-state index in [0.717, 1.165) is 0 Å². The lowest BCUT2D eigenvalue weighted by Gasteiger charge is -2.13. The van der Waals surface area contributed by atoms with Gasteiger partial charge in [0, 0.05) is 6.42 Å². The zero-order chi connectivity index (χ0) is 13.3. The molecule has 0 saturated heterocycles. The average Bonchev–Trinajstić information content (AvgIpc) is 2.31. The first-order valence-corrected chi connectivity index (χ1v) is 5.13. The Labute approximate surface area is 99.1 Å². The molecule has 0 aliphatic carbocycles. The van der Waals surface area contributed by atoms with Crippen molar-refractivity contribution in [2.75, 3.05) is 20.8 Å². The van der Waals surface area contributed by atoms with Gasteiger partial charge in [-0.2, -0.15) is 0 Å². The van der Waals surface area contributed by atoms with Crippen molar-refractivity contribution in [2.24, 2.45) is 0 Å². The van der Waals surface area contributed by atoms with E-state index in [1.807, 2.05) is 0 Å². The number of rotatable bonds is 8. The van der Waals surface area contributed by atoms with Crippen LogP contribution in [-0.4, -0.2) is 49.8 Å². The number of carboxylic acids is 1. The summed E-state index contributed by atoms with van der Waals surface area (Å²) >= 11 is 0. The molecule has 0 saturated carbocycles. The molecule has 98 valence electrons. The molecule has 0 unspecified atom stereocenters. The van der Waals surface area contributed by atoms with Crippen LogP contribution in [0.1, 0.15) is 19.3 Å². The van der Waals surface area contributed by atoms with E-state index in [4.69, 9.17) is 5.11 Å². The molecule has 0 fully saturated rings. The van der Waals surface area contributed by atoms with Gasteiger partial charge in [-0.05, 0) is 19.4 Å². The van der Waals surface area contributed by atoms with Crippen molar-refractivity contribution in [2.45, 2.75) is 25.3 Å². The van der Waals surface area contributed by atoms with Crippen molar-refractivity contribution in [3.63, 3.8) is 0 Å². The summed E-state index contributed by atoms with van der Waals surface area (Å²) in [5.41, 5.74) is 0. The van der Waals surface area contributed by atoms with Crippen LogP contribution in [0.25, 0.3) is 0 Å². The normalized spacial score (nSPS) is 10.1. The molecule has 0 aliphatic heterocycles. The monoisotopic (exact) mass is 247 g/mol.